The van der Waals surface area contributed by atoms with Crippen molar-refractivity contribution in [2.45, 2.75) is 6.54 Å². The van der Waals surface area contributed by atoms with E-state index >= 15 is 0 Å². The third-order valence-corrected chi connectivity index (χ3v) is 2.31. The summed E-state index contributed by atoms with van der Waals surface area (Å²) in [5.74, 6) is 0.686. The summed E-state index contributed by atoms with van der Waals surface area (Å²) >= 11 is 0. The Balaban J connectivity index is 2.59. The SMILES string of the molecule is COc1cccc(CN[Si](O)(O)O)c1. The first-order valence-corrected chi connectivity index (χ1v) is 5.90. The summed E-state index contributed by atoms with van der Waals surface area (Å²) in [7, 11) is -2.61. The Morgan fingerprint density at radius 3 is 2.64 bits per heavy atom. The van der Waals surface area contributed by atoms with Gasteiger partial charge in [0.25, 0.3) is 0 Å². The molecule has 78 valence electrons. The normalized spacial score (nSPS) is 11.4. The van der Waals surface area contributed by atoms with Crippen LogP contribution < -0.4 is 9.72 Å². The molecule has 0 fully saturated rings. The molecule has 0 unspecified atom stereocenters. The average molecular weight is 215 g/mol. The highest BCUT2D eigenvalue weighted by molar-refractivity contribution is 6.53. The van der Waals surface area contributed by atoms with E-state index in [-0.39, 0.29) is 6.54 Å². The van der Waals surface area contributed by atoms with Crippen molar-refractivity contribution in [2.24, 2.45) is 0 Å². The Kier molecular flexibility index (Phi) is 3.61. The van der Waals surface area contributed by atoms with Gasteiger partial charge in [-0.1, -0.05) is 12.1 Å². The Labute approximate surface area is 83.0 Å². The molecular formula is C8H13NO4Si. The monoisotopic (exact) mass is 215 g/mol. The number of methoxy groups -OCH3 is 1. The fourth-order valence-electron chi connectivity index (χ4n) is 1.00. The molecule has 0 atom stereocenters. The fourth-order valence-corrected chi connectivity index (χ4v) is 1.44. The van der Waals surface area contributed by atoms with Gasteiger partial charge in [-0.3, -0.25) is 4.98 Å². The number of hydrogen-bond acceptors (Lipinski definition) is 5. The lowest BCUT2D eigenvalue weighted by Gasteiger charge is -2.11. The quantitative estimate of drug-likeness (QED) is 0.494. The van der Waals surface area contributed by atoms with Crippen molar-refractivity contribution in [3.63, 3.8) is 0 Å². The van der Waals surface area contributed by atoms with Gasteiger partial charge in [-0.15, -0.1) is 0 Å². The van der Waals surface area contributed by atoms with Crippen LogP contribution in [0.4, 0.5) is 0 Å². The Hall–Kier alpha value is -0.923. The molecule has 0 aliphatic heterocycles. The average Bonchev–Trinajstić information content (AvgIpc) is 2.14. The molecule has 0 saturated carbocycles. The summed E-state index contributed by atoms with van der Waals surface area (Å²) < 4.78 is 4.98. The third kappa shape index (κ3) is 3.86. The van der Waals surface area contributed by atoms with Crippen molar-refractivity contribution >= 4 is 8.97 Å². The molecule has 0 aliphatic rings. The van der Waals surface area contributed by atoms with E-state index in [0.717, 1.165) is 5.56 Å². The lowest BCUT2D eigenvalue weighted by molar-refractivity contribution is 0.208. The van der Waals surface area contributed by atoms with Gasteiger partial charge >= 0.3 is 8.97 Å². The summed E-state index contributed by atoms with van der Waals surface area (Å²) in [6, 6.07) is 7.10. The molecule has 0 heterocycles. The van der Waals surface area contributed by atoms with E-state index in [1.54, 1.807) is 31.4 Å². The highest BCUT2D eigenvalue weighted by Crippen LogP contribution is 2.12. The van der Waals surface area contributed by atoms with E-state index < -0.39 is 8.97 Å². The molecule has 14 heavy (non-hydrogen) atoms. The first-order valence-electron chi connectivity index (χ1n) is 4.06. The van der Waals surface area contributed by atoms with Crippen LogP contribution in [0.15, 0.2) is 24.3 Å². The maximum Gasteiger partial charge on any atom is 0.588 e. The van der Waals surface area contributed by atoms with Gasteiger partial charge in [0.1, 0.15) is 5.75 Å². The summed E-state index contributed by atoms with van der Waals surface area (Å²) in [6.07, 6.45) is 0. The molecule has 1 rings (SSSR count). The maximum atomic E-state index is 8.71. The minimum atomic E-state index is -4.16. The van der Waals surface area contributed by atoms with Gasteiger partial charge in [-0.2, -0.15) is 0 Å². The summed E-state index contributed by atoms with van der Waals surface area (Å²) in [6.45, 7) is 0.187. The smallest absolute Gasteiger partial charge is 0.497 e. The van der Waals surface area contributed by atoms with Crippen molar-refractivity contribution in [1.82, 2.24) is 4.98 Å². The second-order valence-corrected chi connectivity index (χ2v) is 4.46. The number of ether oxygens (including phenoxy) is 1. The van der Waals surface area contributed by atoms with Crippen LogP contribution in [0.3, 0.4) is 0 Å². The Morgan fingerprint density at radius 1 is 1.36 bits per heavy atom. The Bertz CT molecular complexity index is 300. The van der Waals surface area contributed by atoms with Crippen molar-refractivity contribution in [3.05, 3.63) is 29.8 Å². The number of nitrogens with one attached hydrogen (secondary N) is 1. The van der Waals surface area contributed by atoms with Crippen molar-refractivity contribution in [3.8, 4) is 5.75 Å². The molecule has 0 saturated heterocycles. The van der Waals surface area contributed by atoms with Gasteiger partial charge in [0, 0.05) is 6.54 Å². The molecule has 4 N–H and O–H groups in total. The standard InChI is InChI=1S/C8H13NO4Si/c1-13-8-4-2-3-7(5-8)6-9-14(10,11)12/h2-5,9-12H,6H2,1H3. The second-order valence-electron chi connectivity index (χ2n) is 2.84. The predicted octanol–water partition coefficient (Wildman–Crippen LogP) is -0.803. The molecule has 6 heteroatoms. The lowest BCUT2D eigenvalue weighted by atomic mass is 10.2. The summed E-state index contributed by atoms with van der Waals surface area (Å²) in [4.78, 5) is 28.4. The molecule has 1 aromatic rings. The minimum absolute atomic E-state index is 0.187. The van der Waals surface area contributed by atoms with Crippen LogP contribution in [0.1, 0.15) is 5.56 Å². The number of rotatable bonds is 4. The first-order chi connectivity index (χ1) is 6.51. The lowest BCUT2D eigenvalue weighted by Crippen LogP contribution is -2.51. The van der Waals surface area contributed by atoms with E-state index in [1.165, 1.54) is 0 Å². The molecule has 0 amide bonds. The Morgan fingerprint density at radius 2 is 2.07 bits per heavy atom. The molecule has 0 aromatic heterocycles. The third-order valence-electron chi connectivity index (χ3n) is 1.66. The molecule has 0 bridgehead atoms. The van der Waals surface area contributed by atoms with Crippen molar-refractivity contribution < 1.29 is 19.1 Å². The van der Waals surface area contributed by atoms with Crippen LogP contribution in [0.2, 0.25) is 0 Å². The number of hydrogen-bond donors (Lipinski definition) is 4. The van der Waals surface area contributed by atoms with Crippen LogP contribution in [0.25, 0.3) is 0 Å². The highest BCUT2D eigenvalue weighted by Gasteiger charge is 2.26. The topological polar surface area (TPSA) is 82.0 Å². The molecule has 0 spiro atoms. The van der Waals surface area contributed by atoms with E-state index in [4.69, 9.17) is 19.1 Å². The van der Waals surface area contributed by atoms with Gasteiger partial charge in [-0.25, -0.2) is 0 Å². The first kappa shape index (κ1) is 11.2. The molecule has 1 aromatic carbocycles. The van der Waals surface area contributed by atoms with Gasteiger partial charge in [0.2, 0.25) is 0 Å². The van der Waals surface area contributed by atoms with Crippen LogP contribution in [0, 0.1) is 0 Å². The van der Waals surface area contributed by atoms with E-state index in [9.17, 15) is 0 Å². The maximum absolute atomic E-state index is 8.71. The van der Waals surface area contributed by atoms with Crippen LogP contribution >= 0.6 is 0 Å². The fraction of sp³-hybridized carbons (Fsp3) is 0.250. The van der Waals surface area contributed by atoms with E-state index in [0.29, 0.717) is 5.75 Å². The van der Waals surface area contributed by atoms with Gasteiger partial charge in [0.05, 0.1) is 7.11 Å². The number of benzene rings is 1. The largest absolute Gasteiger partial charge is 0.588 e. The zero-order valence-electron chi connectivity index (χ0n) is 7.77. The van der Waals surface area contributed by atoms with Gasteiger partial charge in [-0.05, 0) is 17.7 Å². The van der Waals surface area contributed by atoms with Gasteiger partial charge < -0.3 is 19.1 Å². The second kappa shape index (κ2) is 4.53. The summed E-state index contributed by atoms with van der Waals surface area (Å²) in [5.41, 5.74) is 0.804. The van der Waals surface area contributed by atoms with Crippen LogP contribution in [-0.2, 0) is 6.54 Å². The molecule has 0 aliphatic carbocycles. The zero-order valence-corrected chi connectivity index (χ0v) is 8.77. The molecule has 5 nitrogen and oxygen atoms in total. The van der Waals surface area contributed by atoms with Crippen molar-refractivity contribution in [2.75, 3.05) is 7.11 Å². The molecular weight excluding hydrogens is 202 g/mol. The summed E-state index contributed by atoms with van der Waals surface area (Å²) in [5, 5.41) is 0. The van der Waals surface area contributed by atoms with E-state index in [1.807, 2.05) is 0 Å². The minimum Gasteiger partial charge on any atom is -0.497 e. The molecule has 0 radical (unpaired) electrons. The van der Waals surface area contributed by atoms with Crippen LogP contribution in [-0.4, -0.2) is 30.5 Å². The van der Waals surface area contributed by atoms with E-state index in [2.05, 4.69) is 4.98 Å². The van der Waals surface area contributed by atoms with Crippen molar-refractivity contribution in [1.29, 1.82) is 0 Å². The predicted molar refractivity (Wildman–Crippen MR) is 52.2 cm³/mol. The van der Waals surface area contributed by atoms with Gasteiger partial charge in [0.15, 0.2) is 0 Å². The zero-order chi connectivity index (χ0) is 10.6. The highest BCUT2D eigenvalue weighted by atomic mass is 28.4. The van der Waals surface area contributed by atoms with Crippen LogP contribution in [0.5, 0.6) is 5.75 Å².